The summed E-state index contributed by atoms with van der Waals surface area (Å²) in [6.07, 6.45) is 1.68. The summed E-state index contributed by atoms with van der Waals surface area (Å²) in [6.45, 7) is 0. The van der Waals surface area contributed by atoms with E-state index >= 15 is 0 Å². The summed E-state index contributed by atoms with van der Waals surface area (Å²) in [7, 11) is -7.30. The van der Waals surface area contributed by atoms with Crippen LogP contribution in [0.3, 0.4) is 0 Å². The molecule has 0 aliphatic rings. The summed E-state index contributed by atoms with van der Waals surface area (Å²) in [4.78, 5) is 0. The van der Waals surface area contributed by atoms with Gasteiger partial charge in [-0.25, -0.2) is 22.3 Å². The maximum Gasteiger partial charge on any atom is 0.167 e. The first kappa shape index (κ1) is 13.1. The molecule has 13 heavy (non-hydrogen) atoms. The Morgan fingerprint density at radius 1 is 1.15 bits per heavy atom. The molecule has 0 saturated carbocycles. The fourth-order valence-corrected chi connectivity index (χ4v) is 3.63. The predicted octanol–water partition coefficient (Wildman–Crippen LogP) is -1.57. The fourth-order valence-electron chi connectivity index (χ4n) is 0.618. The highest BCUT2D eigenvalue weighted by Gasteiger charge is 2.34. The van der Waals surface area contributed by atoms with Crippen molar-refractivity contribution in [1.82, 2.24) is 5.43 Å². The van der Waals surface area contributed by atoms with Gasteiger partial charge in [0.05, 0.1) is 0 Å². The van der Waals surface area contributed by atoms with Crippen LogP contribution >= 0.6 is 11.6 Å². The Hall–Kier alpha value is 0.110. The molecular weight excluding hydrogens is 240 g/mol. The minimum Gasteiger partial charge on any atom is -0.270 e. The number of hydrogen-bond donors (Lipinski definition) is 2. The van der Waals surface area contributed by atoms with Crippen LogP contribution in [-0.4, -0.2) is 39.4 Å². The molecule has 0 amide bonds. The molecular formula is C4H11ClN2O4S2. The van der Waals surface area contributed by atoms with E-state index in [1.54, 1.807) is 0 Å². The van der Waals surface area contributed by atoms with E-state index in [4.69, 9.17) is 17.4 Å². The summed E-state index contributed by atoms with van der Waals surface area (Å²) in [6, 6.07) is 0. The molecule has 0 fully saturated rings. The maximum atomic E-state index is 11.0. The van der Waals surface area contributed by atoms with Gasteiger partial charge in [-0.3, -0.25) is 5.84 Å². The Morgan fingerprint density at radius 2 is 1.54 bits per heavy atom. The van der Waals surface area contributed by atoms with Gasteiger partial charge in [0.15, 0.2) is 29.8 Å². The highest BCUT2D eigenvalue weighted by atomic mass is 35.5. The number of nitrogens with two attached hydrogens (primary N) is 1. The van der Waals surface area contributed by atoms with Gasteiger partial charge in [-0.2, -0.15) is 0 Å². The van der Waals surface area contributed by atoms with Gasteiger partial charge in [-0.15, -0.1) is 11.6 Å². The standard InChI is InChI=1S/C4H11ClN2O4S2/c1-12(8,9)3(5)4(7-6)13(2,10)11/h3-4,7H,6H2,1-2H3. The minimum atomic E-state index is -3.65. The second kappa shape index (κ2) is 4.09. The molecule has 6 nitrogen and oxygen atoms in total. The molecule has 0 radical (unpaired) electrons. The smallest absolute Gasteiger partial charge is 0.167 e. The zero-order valence-corrected chi connectivity index (χ0v) is 9.45. The van der Waals surface area contributed by atoms with Crippen LogP contribution in [0.5, 0.6) is 0 Å². The average molecular weight is 251 g/mol. The Labute approximate surface area is 82.2 Å². The summed E-state index contributed by atoms with van der Waals surface area (Å²) < 4.78 is 42.1. The Kier molecular flexibility index (Phi) is 4.13. The van der Waals surface area contributed by atoms with Crippen molar-refractivity contribution < 1.29 is 16.8 Å². The van der Waals surface area contributed by atoms with E-state index in [-0.39, 0.29) is 0 Å². The average Bonchev–Trinajstić information content (AvgIpc) is 1.83. The SMILES string of the molecule is CS(=O)(=O)C(Cl)C(NN)S(C)(=O)=O. The molecule has 2 atom stereocenters. The Balaban J connectivity index is 5.05. The summed E-state index contributed by atoms with van der Waals surface area (Å²) in [5.41, 5.74) is 1.85. The molecule has 2 unspecified atom stereocenters. The van der Waals surface area contributed by atoms with Crippen LogP contribution in [-0.2, 0) is 19.7 Å². The number of hydrogen-bond acceptors (Lipinski definition) is 6. The monoisotopic (exact) mass is 250 g/mol. The van der Waals surface area contributed by atoms with Gasteiger partial charge in [0.2, 0.25) is 0 Å². The third kappa shape index (κ3) is 3.77. The van der Waals surface area contributed by atoms with Gasteiger partial charge in [0, 0.05) is 12.5 Å². The molecule has 9 heteroatoms. The normalized spacial score (nSPS) is 18.2. The molecule has 3 N–H and O–H groups in total. The van der Waals surface area contributed by atoms with E-state index in [0.29, 0.717) is 0 Å². The third-order valence-corrected chi connectivity index (χ3v) is 5.24. The molecule has 0 spiro atoms. The Morgan fingerprint density at radius 3 is 1.62 bits per heavy atom. The van der Waals surface area contributed by atoms with Crippen molar-refractivity contribution in [1.29, 1.82) is 0 Å². The summed E-state index contributed by atoms with van der Waals surface area (Å²) in [5, 5.41) is -1.50. The van der Waals surface area contributed by atoms with E-state index in [9.17, 15) is 16.8 Å². The number of halogens is 1. The third-order valence-electron chi connectivity index (χ3n) is 1.27. The lowest BCUT2D eigenvalue weighted by atomic mass is 10.8. The Bertz CT molecular complexity index is 362. The molecule has 0 aliphatic carbocycles. The largest absolute Gasteiger partial charge is 0.270 e. The topological polar surface area (TPSA) is 106 Å². The van der Waals surface area contributed by atoms with Crippen LogP contribution < -0.4 is 11.3 Å². The molecule has 0 bridgehead atoms. The minimum absolute atomic E-state index is 0.834. The lowest BCUT2D eigenvalue weighted by molar-refractivity contribution is 0.553. The van der Waals surface area contributed by atoms with Crippen molar-refractivity contribution in [3.8, 4) is 0 Å². The molecule has 80 valence electrons. The first-order valence-electron chi connectivity index (χ1n) is 3.08. The maximum absolute atomic E-state index is 11.0. The number of nitrogens with one attached hydrogen (secondary N) is 1. The second-order valence-electron chi connectivity index (χ2n) is 2.60. The summed E-state index contributed by atoms with van der Waals surface area (Å²) in [5.74, 6) is 4.88. The number of hydrazine groups is 1. The van der Waals surface area contributed by atoms with E-state index in [1.807, 2.05) is 5.43 Å². The highest BCUT2D eigenvalue weighted by Crippen LogP contribution is 2.13. The van der Waals surface area contributed by atoms with Crippen molar-refractivity contribution in [2.24, 2.45) is 5.84 Å². The zero-order valence-electron chi connectivity index (χ0n) is 7.06. The highest BCUT2D eigenvalue weighted by molar-refractivity contribution is 7.96. The first-order chi connectivity index (χ1) is 5.60. The quantitative estimate of drug-likeness (QED) is 0.355. The van der Waals surface area contributed by atoms with E-state index in [0.717, 1.165) is 12.5 Å². The number of rotatable bonds is 4. The van der Waals surface area contributed by atoms with E-state index < -0.39 is 29.8 Å². The van der Waals surface area contributed by atoms with Crippen molar-refractivity contribution >= 4 is 31.3 Å². The van der Waals surface area contributed by atoms with Gasteiger partial charge >= 0.3 is 0 Å². The molecule has 0 aromatic carbocycles. The van der Waals surface area contributed by atoms with Gasteiger partial charge in [0.1, 0.15) is 0 Å². The second-order valence-corrected chi connectivity index (χ2v) is 7.66. The van der Waals surface area contributed by atoms with Crippen LogP contribution in [0, 0.1) is 0 Å². The van der Waals surface area contributed by atoms with Gasteiger partial charge in [-0.1, -0.05) is 0 Å². The molecule has 0 aromatic heterocycles. The number of alkyl halides is 1. The van der Waals surface area contributed by atoms with Crippen molar-refractivity contribution in [2.45, 2.75) is 10.1 Å². The fraction of sp³-hybridized carbons (Fsp3) is 1.00. The van der Waals surface area contributed by atoms with Crippen molar-refractivity contribution in [2.75, 3.05) is 12.5 Å². The van der Waals surface area contributed by atoms with E-state index in [1.165, 1.54) is 0 Å². The van der Waals surface area contributed by atoms with Gasteiger partial charge < -0.3 is 0 Å². The summed E-state index contributed by atoms with van der Waals surface area (Å²) >= 11 is 5.40. The molecule has 0 aliphatic heterocycles. The van der Waals surface area contributed by atoms with Crippen LogP contribution in [0.1, 0.15) is 0 Å². The van der Waals surface area contributed by atoms with Gasteiger partial charge in [-0.05, 0) is 0 Å². The first-order valence-corrected chi connectivity index (χ1v) is 7.43. The van der Waals surface area contributed by atoms with Crippen LogP contribution in [0.4, 0.5) is 0 Å². The van der Waals surface area contributed by atoms with Crippen LogP contribution in [0.2, 0.25) is 0 Å². The lowest BCUT2D eigenvalue weighted by Gasteiger charge is -2.17. The van der Waals surface area contributed by atoms with Crippen LogP contribution in [0.25, 0.3) is 0 Å². The van der Waals surface area contributed by atoms with Crippen LogP contribution in [0.15, 0.2) is 0 Å². The molecule has 0 rings (SSSR count). The molecule has 0 saturated heterocycles. The number of sulfone groups is 2. The molecule has 0 heterocycles. The van der Waals surface area contributed by atoms with Crippen molar-refractivity contribution in [3.63, 3.8) is 0 Å². The molecule has 0 aromatic rings. The van der Waals surface area contributed by atoms with Crippen molar-refractivity contribution in [3.05, 3.63) is 0 Å². The van der Waals surface area contributed by atoms with E-state index in [2.05, 4.69) is 0 Å². The lowest BCUT2D eigenvalue weighted by Crippen LogP contribution is -2.49. The van der Waals surface area contributed by atoms with Gasteiger partial charge in [0.25, 0.3) is 0 Å². The predicted molar refractivity (Wildman–Crippen MR) is 50.4 cm³/mol. The zero-order chi connectivity index (χ0) is 10.9.